The fourth-order valence-electron chi connectivity index (χ4n) is 4.58. The summed E-state index contributed by atoms with van der Waals surface area (Å²) in [4.78, 5) is 30.1. The first-order chi connectivity index (χ1) is 15.5. The number of nitrogens with zero attached hydrogens (tertiary/aromatic N) is 3. The van der Waals surface area contributed by atoms with Crippen LogP contribution in [0.2, 0.25) is 0 Å². The lowest BCUT2D eigenvalue weighted by Crippen LogP contribution is -2.50. The Kier molecular flexibility index (Phi) is 6.81. The summed E-state index contributed by atoms with van der Waals surface area (Å²) in [6, 6.07) is 5.55. The molecule has 3 rings (SSSR count). The van der Waals surface area contributed by atoms with Gasteiger partial charge in [-0.15, -0.1) is 0 Å². The van der Waals surface area contributed by atoms with Crippen molar-refractivity contribution in [3.05, 3.63) is 53.1 Å². The molecule has 0 fully saturated rings. The molecule has 2 aromatic heterocycles. The molecule has 0 saturated heterocycles. The van der Waals surface area contributed by atoms with Crippen molar-refractivity contribution in [3.63, 3.8) is 0 Å². The Hall–Kier alpha value is -3.35. The Bertz CT molecular complexity index is 1260. The van der Waals surface area contributed by atoms with Gasteiger partial charge in [0.15, 0.2) is 0 Å². The van der Waals surface area contributed by atoms with E-state index in [1.54, 1.807) is 30.1 Å². The van der Waals surface area contributed by atoms with Crippen molar-refractivity contribution < 1.29 is 14.6 Å². The van der Waals surface area contributed by atoms with Gasteiger partial charge in [0.1, 0.15) is 5.75 Å². The minimum absolute atomic E-state index is 0.110. The van der Waals surface area contributed by atoms with Crippen LogP contribution >= 0.6 is 0 Å². The summed E-state index contributed by atoms with van der Waals surface area (Å²) < 4.78 is 7.78. The zero-order valence-corrected chi connectivity index (χ0v) is 20.3. The first-order valence-corrected chi connectivity index (χ1v) is 11.1. The summed E-state index contributed by atoms with van der Waals surface area (Å²) in [5.41, 5.74) is 1.01. The molecule has 0 aliphatic rings. The van der Waals surface area contributed by atoms with Gasteiger partial charge in [-0.1, -0.05) is 19.6 Å². The van der Waals surface area contributed by atoms with Gasteiger partial charge in [0.25, 0.3) is 5.56 Å². The molecule has 176 valence electrons. The van der Waals surface area contributed by atoms with Crippen LogP contribution in [0.4, 0.5) is 4.79 Å². The summed E-state index contributed by atoms with van der Waals surface area (Å²) in [5.74, 6) is 0.760. The molecule has 0 aliphatic heterocycles. The predicted octanol–water partition coefficient (Wildman–Crippen LogP) is 5.30. The minimum atomic E-state index is -0.921. The number of hydrogen-bond acceptors (Lipinski definition) is 4. The highest BCUT2D eigenvalue weighted by molar-refractivity contribution is 6.06. The molecule has 33 heavy (non-hydrogen) atoms. The third kappa shape index (κ3) is 4.87. The van der Waals surface area contributed by atoms with E-state index in [1.807, 2.05) is 52.8 Å². The molecule has 2 unspecified atom stereocenters. The maximum atomic E-state index is 12.8. The highest BCUT2D eigenvalue weighted by Crippen LogP contribution is 2.31. The fraction of sp³-hybridized carbons (Fsp3) is 0.423. The fourth-order valence-corrected chi connectivity index (χ4v) is 4.58. The number of ether oxygens (including phenoxy) is 1. The van der Waals surface area contributed by atoms with Crippen molar-refractivity contribution >= 4 is 33.8 Å². The van der Waals surface area contributed by atoms with E-state index >= 15 is 0 Å². The molecule has 2 atom stereocenters. The highest BCUT2D eigenvalue weighted by Gasteiger charge is 2.31. The van der Waals surface area contributed by atoms with Crippen LogP contribution in [0.5, 0.6) is 5.75 Å². The second-order valence-electron chi connectivity index (χ2n) is 9.72. The van der Waals surface area contributed by atoms with Crippen LogP contribution in [-0.2, 0) is 7.05 Å². The van der Waals surface area contributed by atoms with Crippen molar-refractivity contribution in [1.29, 1.82) is 0 Å². The number of aromatic nitrogens is 2. The van der Waals surface area contributed by atoms with E-state index < -0.39 is 11.6 Å². The van der Waals surface area contributed by atoms with E-state index in [-0.39, 0.29) is 17.5 Å². The molecule has 7 heteroatoms. The first kappa shape index (κ1) is 24.3. The molecule has 0 radical (unpaired) electrons. The van der Waals surface area contributed by atoms with Crippen LogP contribution in [0.25, 0.3) is 27.8 Å². The topological polar surface area (TPSA) is 84.7 Å². The second-order valence-corrected chi connectivity index (χ2v) is 9.72. The Balaban J connectivity index is 1.88. The Morgan fingerprint density at radius 3 is 2.58 bits per heavy atom. The monoisotopic (exact) mass is 451 g/mol. The number of hydrogen-bond donors (Lipinski definition) is 1. The van der Waals surface area contributed by atoms with Crippen LogP contribution in [0, 0.1) is 5.92 Å². The van der Waals surface area contributed by atoms with Gasteiger partial charge in [-0.2, -0.15) is 0 Å². The lowest BCUT2D eigenvalue weighted by molar-refractivity contribution is 0.0649. The highest BCUT2D eigenvalue weighted by atomic mass is 16.5. The molecule has 7 nitrogen and oxygen atoms in total. The van der Waals surface area contributed by atoms with Crippen LogP contribution in [0.3, 0.4) is 0 Å². The predicted molar refractivity (Wildman–Crippen MR) is 133 cm³/mol. The quantitative estimate of drug-likeness (QED) is 0.493. The van der Waals surface area contributed by atoms with Crippen molar-refractivity contribution in [1.82, 2.24) is 14.5 Å². The van der Waals surface area contributed by atoms with Gasteiger partial charge in [-0.05, 0) is 57.6 Å². The third-order valence-corrected chi connectivity index (χ3v) is 5.99. The van der Waals surface area contributed by atoms with Gasteiger partial charge >= 0.3 is 6.09 Å². The second kappa shape index (κ2) is 9.25. The number of aryl methyl sites for hydroxylation is 1. The summed E-state index contributed by atoms with van der Waals surface area (Å²) in [6.07, 6.45) is 4.76. The van der Waals surface area contributed by atoms with Crippen molar-refractivity contribution in [3.8, 4) is 5.75 Å². The standard InChI is InChI=1S/C26H33N3O4/c1-8-18-12-20-19-9-10-27-14-21(19)24(30)28(7)22(20)13-23(18)33-15-16(2)11-17(3)29(25(31)32)26(4,5)6/h8-10,12-14,16-17H,1,11,15H2,2-7H3,(H,31,32). The SMILES string of the molecule is C=Cc1cc2c3ccncc3c(=O)n(C)c2cc1OCC(C)CC(C)N(C(=O)O)C(C)(C)C. The van der Waals surface area contributed by atoms with E-state index in [2.05, 4.69) is 11.6 Å². The van der Waals surface area contributed by atoms with Crippen LogP contribution in [-0.4, -0.2) is 43.8 Å². The number of amides is 1. The third-order valence-electron chi connectivity index (χ3n) is 5.99. The van der Waals surface area contributed by atoms with Crippen molar-refractivity contribution in [2.75, 3.05) is 6.61 Å². The summed E-state index contributed by atoms with van der Waals surface area (Å²) in [7, 11) is 1.74. The summed E-state index contributed by atoms with van der Waals surface area (Å²) >= 11 is 0. The van der Waals surface area contributed by atoms with E-state index in [0.29, 0.717) is 24.2 Å². The number of rotatable bonds is 7. The minimum Gasteiger partial charge on any atom is -0.493 e. The first-order valence-electron chi connectivity index (χ1n) is 11.1. The molecule has 0 aliphatic carbocycles. The summed E-state index contributed by atoms with van der Waals surface area (Å²) in [5, 5.41) is 12.0. The largest absolute Gasteiger partial charge is 0.493 e. The molecular formula is C26H33N3O4. The van der Waals surface area contributed by atoms with E-state index in [1.165, 1.54) is 4.90 Å². The van der Waals surface area contributed by atoms with E-state index in [9.17, 15) is 14.7 Å². The molecule has 2 heterocycles. The average Bonchev–Trinajstić information content (AvgIpc) is 2.74. The number of carboxylic acid groups (broad SMARTS) is 1. The lowest BCUT2D eigenvalue weighted by Gasteiger charge is -2.39. The Morgan fingerprint density at radius 2 is 1.97 bits per heavy atom. The molecule has 0 spiro atoms. The molecule has 1 N–H and O–H groups in total. The van der Waals surface area contributed by atoms with Gasteiger partial charge < -0.3 is 19.3 Å². The van der Waals surface area contributed by atoms with E-state index in [0.717, 1.165) is 21.9 Å². The molecule has 0 saturated carbocycles. The van der Waals surface area contributed by atoms with E-state index in [4.69, 9.17) is 4.74 Å². The average molecular weight is 452 g/mol. The van der Waals surface area contributed by atoms with Gasteiger partial charge in [0, 0.05) is 48.0 Å². The lowest BCUT2D eigenvalue weighted by atomic mass is 9.97. The van der Waals surface area contributed by atoms with Crippen LogP contribution in [0.1, 0.15) is 46.6 Å². The smallest absolute Gasteiger partial charge is 0.407 e. The number of pyridine rings is 2. The normalized spacial score (nSPS) is 13.6. The molecule has 1 amide bonds. The van der Waals surface area contributed by atoms with Crippen molar-refractivity contribution in [2.24, 2.45) is 13.0 Å². The van der Waals surface area contributed by atoms with Crippen molar-refractivity contribution in [2.45, 2.75) is 52.6 Å². The maximum Gasteiger partial charge on any atom is 0.407 e. The van der Waals surface area contributed by atoms with Crippen LogP contribution < -0.4 is 10.3 Å². The maximum absolute atomic E-state index is 12.8. The zero-order chi connectivity index (χ0) is 24.5. The number of fused-ring (bicyclic) bond motifs is 3. The Morgan fingerprint density at radius 1 is 1.27 bits per heavy atom. The molecule has 1 aromatic carbocycles. The van der Waals surface area contributed by atoms with Gasteiger partial charge in [-0.25, -0.2) is 4.79 Å². The molecule has 3 aromatic rings. The Labute approximate surface area is 194 Å². The number of benzene rings is 1. The zero-order valence-electron chi connectivity index (χ0n) is 20.3. The summed E-state index contributed by atoms with van der Waals surface area (Å²) in [6.45, 7) is 14.0. The van der Waals surface area contributed by atoms with Gasteiger partial charge in [-0.3, -0.25) is 9.78 Å². The number of carbonyl (C=O) groups is 1. The van der Waals surface area contributed by atoms with Gasteiger partial charge in [0.2, 0.25) is 0 Å². The molecular weight excluding hydrogens is 418 g/mol. The van der Waals surface area contributed by atoms with Crippen LogP contribution in [0.15, 0.2) is 42.0 Å². The molecule has 0 bridgehead atoms. The van der Waals surface area contributed by atoms with Gasteiger partial charge in [0.05, 0.1) is 17.5 Å².